The molecule has 3 saturated carbocycles. The van der Waals surface area contributed by atoms with Gasteiger partial charge in [-0.15, -0.1) is 0 Å². The Morgan fingerprint density at radius 3 is 1.61 bits per heavy atom. The van der Waals surface area contributed by atoms with Crippen molar-refractivity contribution in [3.05, 3.63) is 12.2 Å². The summed E-state index contributed by atoms with van der Waals surface area (Å²) in [5.74, 6) is 4.17. The molecule has 3 fully saturated rings. The highest BCUT2D eigenvalue weighted by Crippen LogP contribution is 2.70. The SMILES string of the molecule is COCCOCCOCCOCCOCCOCCOCCOC(=O)C1(C)CC2CC1C1C3C=CC(C3)C21. The quantitative estimate of drug-likeness (QED) is 0.0890. The van der Waals surface area contributed by atoms with E-state index >= 15 is 0 Å². The summed E-state index contributed by atoms with van der Waals surface area (Å²) in [5, 5.41) is 0. The number of carbonyl (C=O) groups excluding carboxylic acids is 1. The van der Waals surface area contributed by atoms with Gasteiger partial charge in [0.25, 0.3) is 0 Å². The molecule has 0 heterocycles. The van der Waals surface area contributed by atoms with Crippen LogP contribution in [0.15, 0.2) is 12.2 Å². The van der Waals surface area contributed by atoms with Crippen molar-refractivity contribution in [2.24, 2.45) is 40.9 Å². The van der Waals surface area contributed by atoms with E-state index in [1.165, 1.54) is 12.8 Å². The Morgan fingerprint density at radius 2 is 1.11 bits per heavy atom. The first kappa shape index (κ1) is 29.9. The van der Waals surface area contributed by atoms with Crippen molar-refractivity contribution in [1.29, 1.82) is 0 Å². The fourth-order valence-corrected chi connectivity index (χ4v) is 7.31. The standard InChI is InChI=1S/C29H48O9/c1-29(21-24-20-25(29)27-23-4-3-22(19-23)26(24)27)28(30)38-18-17-37-16-15-36-14-13-35-12-11-34-10-9-33-8-7-32-6-5-31-2/h3-4,22-27H,5-21H2,1-2H3. The van der Waals surface area contributed by atoms with Crippen LogP contribution in [0, 0.1) is 40.9 Å². The molecular formula is C29H48O9. The van der Waals surface area contributed by atoms with Crippen molar-refractivity contribution in [3.63, 3.8) is 0 Å². The van der Waals surface area contributed by atoms with Crippen molar-refractivity contribution in [2.75, 3.05) is 99.6 Å². The third kappa shape index (κ3) is 7.77. The molecule has 4 aliphatic carbocycles. The summed E-state index contributed by atoms with van der Waals surface area (Å²) >= 11 is 0. The van der Waals surface area contributed by atoms with Crippen molar-refractivity contribution in [1.82, 2.24) is 0 Å². The van der Waals surface area contributed by atoms with E-state index < -0.39 is 0 Å². The van der Waals surface area contributed by atoms with Crippen LogP contribution in [0.3, 0.4) is 0 Å². The number of carbonyl (C=O) groups is 1. The Morgan fingerprint density at radius 1 is 0.658 bits per heavy atom. The third-order valence-corrected chi connectivity index (χ3v) is 8.87. The molecule has 0 aromatic rings. The zero-order chi connectivity index (χ0) is 26.6. The van der Waals surface area contributed by atoms with Crippen LogP contribution in [0.2, 0.25) is 0 Å². The third-order valence-electron chi connectivity index (χ3n) is 8.87. The number of allylic oxidation sites excluding steroid dienone is 2. The number of hydrogen-bond acceptors (Lipinski definition) is 9. The van der Waals surface area contributed by atoms with Gasteiger partial charge in [0.05, 0.1) is 91.3 Å². The molecule has 7 unspecified atom stereocenters. The number of hydrogen-bond donors (Lipinski definition) is 0. The van der Waals surface area contributed by atoms with E-state index in [-0.39, 0.29) is 11.4 Å². The molecule has 4 bridgehead atoms. The van der Waals surface area contributed by atoms with Crippen molar-refractivity contribution >= 4 is 5.97 Å². The van der Waals surface area contributed by atoms with Gasteiger partial charge in [0.2, 0.25) is 0 Å². The molecule has 38 heavy (non-hydrogen) atoms. The van der Waals surface area contributed by atoms with Crippen molar-refractivity contribution in [3.8, 4) is 0 Å². The van der Waals surface area contributed by atoms with Gasteiger partial charge in [0.1, 0.15) is 6.61 Å². The Labute approximate surface area is 227 Å². The highest BCUT2D eigenvalue weighted by Gasteiger charge is 2.66. The minimum atomic E-state index is -0.314. The summed E-state index contributed by atoms with van der Waals surface area (Å²) in [6, 6.07) is 0. The number of fused-ring (bicyclic) bond motifs is 9. The summed E-state index contributed by atoms with van der Waals surface area (Å²) in [7, 11) is 1.65. The van der Waals surface area contributed by atoms with Crippen LogP contribution in [0.25, 0.3) is 0 Å². The van der Waals surface area contributed by atoms with Crippen molar-refractivity contribution < 1.29 is 42.7 Å². The molecule has 4 aliphatic rings. The number of methoxy groups -OCH3 is 1. The van der Waals surface area contributed by atoms with Crippen LogP contribution in [-0.2, 0) is 42.7 Å². The van der Waals surface area contributed by atoms with Gasteiger partial charge < -0.3 is 37.9 Å². The lowest BCUT2D eigenvalue weighted by Crippen LogP contribution is -2.43. The topological polar surface area (TPSA) is 90.9 Å². The zero-order valence-electron chi connectivity index (χ0n) is 23.3. The second-order valence-corrected chi connectivity index (χ2v) is 11.1. The smallest absolute Gasteiger partial charge is 0.312 e. The highest BCUT2D eigenvalue weighted by molar-refractivity contribution is 5.77. The maximum absolute atomic E-state index is 13.0. The molecule has 0 radical (unpaired) electrons. The van der Waals surface area contributed by atoms with Gasteiger partial charge in [0.15, 0.2) is 0 Å². The van der Waals surface area contributed by atoms with Gasteiger partial charge in [-0.1, -0.05) is 12.2 Å². The minimum absolute atomic E-state index is 0.0213. The molecule has 0 aromatic carbocycles. The Hall–Kier alpha value is -1.07. The minimum Gasteiger partial charge on any atom is -0.463 e. The molecular weight excluding hydrogens is 492 g/mol. The second kappa shape index (κ2) is 15.6. The molecule has 0 N–H and O–H groups in total. The number of rotatable bonds is 22. The highest BCUT2D eigenvalue weighted by atomic mass is 16.6. The Kier molecular flexibility index (Phi) is 12.3. The molecule has 4 rings (SSSR count). The lowest BCUT2D eigenvalue weighted by Gasteiger charge is -2.41. The lowest BCUT2D eigenvalue weighted by molar-refractivity contribution is -0.162. The van der Waals surface area contributed by atoms with E-state index in [1.807, 2.05) is 0 Å². The average Bonchev–Trinajstić information content (AvgIpc) is 3.69. The molecule has 0 spiro atoms. The largest absolute Gasteiger partial charge is 0.463 e. The summed E-state index contributed by atoms with van der Waals surface area (Å²) < 4.78 is 43.3. The predicted octanol–water partition coefficient (Wildman–Crippen LogP) is 2.76. The summed E-state index contributed by atoms with van der Waals surface area (Å²) in [5.41, 5.74) is -0.314. The van der Waals surface area contributed by atoms with E-state index in [0.717, 1.165) is 18.3 Å². The Bertz CT molecular complexity index is 731. The van der Waals surface area contributed by atoms with Crippen LogP contribution in [0.1, 0.15) is 26.2 Å². The van der Waals surface area contributed by atoms with Crippen LogP contribution < -0.4 is 0 Å². The van der Waals surface area contributed by atoms with Crippen molar-refractivity contribution in [2.45, 2.75) is 26.2 Å². The van der Waals surface area contributed by atoms with E-state index in [0.29, 0.717) is 116 Å². The normalized spacial score (nSPS) is 32.4. The molecule has 0 saturated heterocycles. The van der Waals surface area contributed by atoms with Gasteiger partial charge in [-0.3, -0.25) is 4.79 Å². The fraction of sp³-hybridized carbons (Fsp3) is 0.897. The molecule has 218 valence electrons. The maximum atomic E-state index is 13.0. The lowest BCUT2D eigenvalue weighted by atomic mass is 9.63. The van der Waals surface area contributed by atoms with E-state index in [1.54, 1.807) is 7.11 Å². The van der Waals surface area contributed by atoms with Crippen LogP contribution in [0.4, 0.5) is 0 Å². The predicted molar refractivity (Wildman–Crippen MR) is 140 cm³/mol. The first-order chi connectivity index (χ1) is 18.6. The molecule has 9 nitrogen and oxygen atoms in total. The summed E-state index contributed by atoms with van der Waals surface area (Å²) in [4.78, 5) is 13.0. The van der Waals surface area contributed by atoms with Crippen LogP contribution in [-0.4, -0.2) is 106 Å². The van der Waals surface area contributed by atoms with E-state index in [9.17, 15) is 4.79 Å². The number of esters is 1. The van der Waals surface area contributed by atoms with Gasteiger partial charge in [-0.2, -0.15) is 0 Å². The molecule has 0 aromatic heterocycles. The molecule has 0 amide bonds. The summed E-state index contributed by atoms with van der Waals surface area (Å²) in [6.45, 7) is 9.23. The molecule has 0 aliphatic heterocycles. The molecule has 7 atom stereocenters. The molecule has 9 heteroatoms. The maximum Gasteiger partial charge on any atom is 0.312 e. The second-order valence-electron chi connectivity index (χ2n) is 11.1. The fourth-order valence-electron chi connectivity index (χ4n) is 7.31. The Balaban J connectivity index is 0.895. The average molecular weight is 541 g/mol. The van der Waals surface area contributed by atoms with Gasteiger partial charge in [-0.25, -0.2) is 0 Å². The first-order valence-electron chi connectivity index (χ1n) is 14.5. The van der Waals surface area contributed by atoms with Crippen LogP contribution in [0.5, 0.6) is 0 Å². The monoisotopic (exact) mass is 540 g/mol. The number of ether oxygens (including phenoxy) is 8. The van der Waals surface area contributed by atoms with Gasteiger partial charge >= 0.3 is 5.97 Å². The first-order valence-corrected chi connectivity index (χ1v) is 14.5. The van der Waals surface area contributed by atoms with Gasteiger partial charge in [-0.05, 0) is 61.7 Å². The van der Waals surface area contributed by atoms with E-state index in [4.69, 9.17) is 37.9 Å². The summed E-state index contributed by atoms with van der Waals surface area (Å²) in [6.07, 6.45) is 8.38. The van der Waals surface area contributed by atoms with Gasteiger partial charge in [0, 0.05) is 7.11 Å². The van der Waals surface area contributed by atoms with Crippen LogP contribution >= 0.6 is 0 Å². The van der Waals surface area contributed by atoms with E-state index in [2.05, 4.69) is 19.1 Å². The zero-order valence-corrected chi connectivity index (χ0v) is 23.3.